The lowest BCUT2D eigenvalue weighted by Crippen LogP contribution is -2.22. The van der Waals surface area contributed by atoms with Gasteiger partial charge in [0, 0.05) is 0 Å². The van der Waals surface area contributed by atoms with E-state index in [0.29, 0.717) is 19.3 Å². The van der Waals surface area contributed by atoms with E-state index in [9.17, 15) is 0 Å². The minimum atomic E-state index is 0.170. The number of rotatable bonds is 8. The predicted octanol–water partition coefficient (Wildman–Crippen LogP) is 3.80. The summed E-state index contributed by atoms with van der Waals surface area (Å²) >= 11 is 0. The Balaban J connectivity index is 2.18. The van der Waals surface area contributed by atoms with Gasteiger partial charge in [0.25, 0.3) is 0 Å². The first-order chi connectivity index (χ1) is 8.26. The fourth-order valence-corrected chi connectivity index (χ4v) is 1.77. The lowest BCUT2D eigenvalue weighted by molar-refractivity contribution is -0.0538. The molecule has 2 nitrogen and oxygen atoms in total. The van der Waals surface area contributed by atoms with E-state index < -0.39 is 0 Å². The summed E-state index contributed by atoms with van der Waals surface area (Å²) < 4.78 is 11.5. The van der Waals surface area contributed by atoms with Crippen molar-refractivity contribution in [2.24, 2.45) is 0 Å². The molecule has 1 rings (SSSR count). The Hall–Kier alpha value is -0.860. The number of hydrogen-bond acceptors (Lipinski definition) is 2. The summed E-state index contributed by atoms with van der Waals surface area (Å²) in [5.74, 6) is 0. The minimum absolute atomic E-state index is 0.170. The highest BCUT2D eigenvalue weighted by atomic mass is 16.5. The Morgan fingerprint density at radius 3 is 2.29 bits per heavy atom. The molecule has 0 heterocycles. The van der Waals surface area contributed by atoms with Gasteiger partial charge in [0.2, 0.25) is 0 Å². The summed E-state index contributed by atoms with van der Waals surface area (Å²) in [6.07, 6.45) is 2.67. The van der Waals surface area contributed by atoms with Crippen LogP contribution in [0.25, 0.3) is 0 Å². The standard InChI is InChI=1S/C15H24O2/c1-4-15(5-2)17-13(3)11-16-12-14-9-7-6-8-10-14/h6-10,13,15H,4-5,11-12H2,1-3H3/t13-/m0/s1. The monoisotopic (exact) mass is 236 g/mol. The molecule has 0 aliphatic carbocycles. The number of ether oxygens (including phenoxy) is 2. The van der Waals surface area contributed by atoms with Crippen LogP contribution in [0.5, 0.6) is 0 Å². The summed E-state index contributed by atoms with van der Waals surface area (Å²) in [5.41, 5.74) is 1.21. The van der Waals surface area contributed by atoms with Gasteiger partial charge in [-0.2, -0.15) is 0 Å². The van der Waals surface area contributed by atoms with Gasteiger partial charge in [-0.3, -0.25) is 0 Å². The molecule has 1 aromatic rings. The largest absolute Gasteiger partial charge is 0.374 e. The quantitative estimate of drug-likeness (QED) is 0.683. The van der Waals surface area contributed by atoms with Crippen LogP contribution in [0.4, 0.5) is 0 Å². The number of benzene rings is 1. The van der Waals surface area contributed by atoms with Gasteiger partial charge in [0.1, 0.15) is 0 Å². The van der Waals surface area contributed by atoms with E-state index in [1.54, 1.807) is 0 Å². The van der Waals surface area contributed by atoms with Crippen molar-refractivity contribution in [2.45, 2.75) is 52.4 Å². The van der Waals surface area contributed by atoms with Crippen molar-refractivity contribution in [1.82, 2.24) is 0 Å². The zero-order valence-corrected chi connectivity index (χ0v) is 11.2. The lowest BCUT2D eigenvalue weighted by Gasteiger charge is -2.20. The molecule has 1 atom stereocenters. The van der Waals surface area contributed by atoms with Crippen molar-refractivity contribution in [3.05, 3.63) is 35.9 Å². The average Bonchev–Trinajstić information content (AvgIpc) is 2.37. The minimum Gasteiger partial charge on any atom is -0.374 e. The molecule has 0 radical (unpaired) electrons. The van der Waals surface area contributed by atoms with Gasteiger partial charge in [-0.15, -0.1) is 0 Å². The third kappa shape index (κ3) is 5.85. The molecule has 1 aromatic carbocycles. The molecule has 0 fully saturated rings. The van der Waals surface area contributed by atoms with E-state index in [1.807, 2.05) is 18.2 Å². The summed E-state index contributed by atoms with van der Waals surface area (Å²) in [4.78, 5) is 0. The molecule has 17 heavy (non-hydrogen) atoms. The first-order valence-electron chi connectivity index (χ1n) is 6.53. The average molecular weight is 236 g/mol. The van der Waals surface area contributed by atoms with E-state index in [4.69, 9.17) is 9.47 Å². The van der Waals surface area contributed by atoms with Crippen LogP contribution in [0.3, 0.4) is 0 Å². The van der Waals surface area contributed by atoms with Crippen molar-refractivity contribution >= 4 is 0 Å². The SMILES string of the molecule is CCC(CC)O[C@@H](C)COCc1ccccc1. The second-order valence-corrected chi connectivity index (χ2v) is 4.39. The van der Waals surface area contributed by atoms with Crippen LogP contribution in [-0.2, 0) is 16.1 Å². The molecule has 0 aliphatic heterocycles. The molecule has 96 valence electrons. The Kier molecular flexibility index (Phi) is 6.90. The summed E-state index contributed by atoms with van der Waals surface area (Å²) in [7, 11) is 0. The highest BCUT2D eigenvalue weighted by Gasteiger charge is 2.09. The smallest absolute Gasteiger partial charge is 0.0784 e. The fraction of sp³-hybridized carbons (Fsp3) is 0.600. The summed E-state index contributed by atoms with van der Waals surface area (Å²) in [5, 5.41) is 0. The molecule has 0 aromatic heterocycles. The Morgan fingerprint density at radius 2 is 1.71 bits per heavy atom. The third-order valence-corrected chi connectivity index (χ3v) is 2.80. The second kappa shape index (κ2) is 8.26. The topological polar surface area (TPSA) is 18.5 Å². The molecule has 0 saturated heterocycles. The fourth-order valence-electron chi connectivity index (χ4n) is 1.77. The molecular formula is C15H24O2. The van der Waals surface area contributed by atoms with Crippen molar-refractivity contribution in [3.8, 4) is 0 Å². The molecule has 0 N–H and O–H groups in total. The van der Waals surface area contributed by atoms with E-state index in [-0.39, 0.29) is 6.10 Å². The molecule has 0 spiro atoms. The second-order valence-electron chi connectivity index (χ2n) is 4.39. The molecular weight excluding hydrogens is 212 g/mol. The molecule has 2 heteroatoms. The van der Waals surface area contributed by atoms with Gasteiger partial charge in [0.05, 0.1) is 25.4 Å². The third-order valence-electron chi connectivity index (χ3n) is 2.80. The molecule has 0 aliphatic rings. The Morgan fingerprint density at radius 1 is 1.06 bits per heavy atom. The van der Waals surface area contributed by atoms with E-state index >= 15 is 0 Å². The first-order valence-corrected chi connectivity index (χ1v) is 6.53. The van der Waals surface area contributed by atoms with Crippen molar-refractivity contribution in [3.63, 3.8) is 0 Å². The Labute approximate surface area is 105 Å². The summed E-state index contributed by atoms with van der Waals surface area (Å²) in [6.45, 7) is 7.71. The molecule has 0 unspecified atom stereocenters. The normalized spacial score (nSPS) is 12.9. The first kappa shape index (κ1) is 14.2. The zero-order valence-electron chi connectivity index (χ0n) is 11.2. The van der Waals surface area contributed by atoms with Crippen LogP contribution in [0.15, 0.2) is 30.3 Å². The Bertz CT molecular complexity index is 280. The van der Waals surface area contributed by atoms with Crippen molar-refractivity contribution < 1.29 is 9.47 Å². The van der Waals surface area contributed by atoms with Crippen molar-refractivity contribution in [2.75, 3.05) is 6.61 Å². The maximum atomic E-state index is 5.86. The van der Waals surface area contributed by atoms with E-state index in [2.05, 4.69) is 32.9 Å². The van der Waals surface area contributed by atoms with Crippen LogP contribution >= 0.6 is 0 Å². The number of hydrogen-bond donors (Lipinski definition) is 0. The van der Waals surface area contributed by atoms with Crippen molar-refractivity contribution in [1.29, 1.82) is 0 Å². The van der Waals surface area contributed by atoms with Crippen LogP contribution < -0.4 is 0 Å². The molecule has 0 bridgehead atoms. The molecule has 0 saturated carbocycles. The van der Waals surface area contributed by atoms with Gasteiger partial charge in [0.15, 0.2) is 0 Å². The predicted molar refractivity (Wildman–Crippen MR) is 71.0 cm³/mol. The van der Waals surface area contributed by atoms with Gasteiger partial charge < -0.3 is 9.47 Å². The van der Waals surface area contributed by atoms with E-state index in [1.165, 1.54) is 5.56 Å². The highest BCUT2D eigenvalue weighted by Crippen LogP contribution is 2.08. The van der Waals surface area contributed by atoms with Crippen LogP contribution in [0, 0.1) is 0 Å². The highest BCUT2D eigenvalue weighted by molar-refractivity contribution is 5.13. The van der Waals surface area contributed by atoms with Crippen LogP contribution in [0.2, 0.25) is 0 Å². The van der Waals surface area contributed by atoms with Gasteiger partial charge >= 0.3 is 0 Å². The summed E-state index contributed by atoms with van der Waals surface area (Å²) in [6, 6.07) is 10.2. The van der Waals surface area contributed by atoms with Crippen LogP contribution in [0.1, 0.15) is 39.2 Å². The lowest BCUT2D eigenvalue weighted by atomic mass is 10.2. The van der Waals surface area contributed by atoms with Gasteiger partial charge in [-0.1, -0.05) is 44.2 Å². The maximum Gasteiger partial charge on any atom is 0.0784 e. The zero-order chi connectivity index (χ0) is 12.5. The van der Waals surface area contributed by atoms with Crippen LogP contribution in [-0.4, -0.2) is 18.8 Å². The maximum absolute atomic E-state index is 5.86. The van der Waals surface area contributed by atoms with E-state index in [0.717, 1.165) is 12.8 Å². The molecule has 0 amide bonds. The van der Waals surface area contributed by atoms with Gasteiger partial charge in [-0.25, -0.2) is 0 Å². The van der Waals surface area contributed by atoms with Gasteiger partial charge in [-0.05, 0) is 25.3 Å².